The van der Waals surface area contributed by atoms with E-state index in [0.29, 0.717) is 0 Å². The molecule has 0 aromatic carbocycles. The fourth-order valence-corrected chi connectivity index (χ4v) is 6.42. The average Bonchev–Trinajstić information content (AvgIpc) is 3.38. The third-order valence-corrected chi connectivity index (χ3v) is 8.68. The second kappa shape index (κ2) is 7.65. The third kappa shape index (κ3) is 3.87. The molecule has 0 unspecified atom stereocenters. The quantitative estimate of drug-likeness (QED) is 0.559. The maximum absolute atomic E-state index is 13.1. The van der Waals surface area contributed by atoms with Gasteiger partial charge in [-0.2, -0.15) is 0 Å². The van der Waals surface area contributed by atoms with E-state index in [0.717, 1.165) is 78.1 Å². The molecule has 2 aromatic heterocycles. The number of fused-ring (bicyclic) bond motifs is 2. The van der Waals surface area contributed by atoms with Crippen molar-refractivity contribution >= 4 is 33.0 Å². The molecule has 11 heteroatoms. The summed E-state index contributed by atoms with van der Waals surface area (Å²) in [6.07, 6.45) is 5.41. The fraction of sp³-hybridized carbons (Fsp3) is 0.526. The Labute approximate surface area is 179 Å². The fourth-order valence-electron chi connectivity index (χ4n) is 3.96. The zero-order valence-electron chi connectivity index (χ0n) is 16.9. The molecule has 9 nitrogen and oxygen atoms in total. The van der Waals surface area contributed by atoms with Gasteiger partial charge in [-0.15, -0.1) is 15.7 Å². The first-order valence-electron chi connectivity index (χ1n) is 9.83. The Hall–Kier alpha value is -1.92. The number of carbonyl (C=O) groups excluding carboxylic acids is 1. The summed E-state index contributed by atoms with van der Waals surface area (Å²) in [6.45, 7) is 2.51. The van der Waals surface area contributed by atoms with E-state index >= 15 is 0 Å². The largest absolute Gasteiger partial charge is 0.390 e. The number of carbonyl (C=O) groups is 1. The lowest BCUT2D eigenvalue weighted by molar-refractivity contribution is 0.0779. The molecule has 0 fully saturated rings. The average molecular weight is 452 g/mol. The third-order valence-electron chi connectivity index (χ3n) is 5.30. The highest BCUT2D eigenvalue weighted by atomic mass is 32.2. The standard InChI is InChI=1S/C19H25N5O4S2/c1-19(2,27)17-22-14(9-25)16(29-17)30(20,28)24-18(26)23-15-10-5-3-7-12(10)21-13-8-4-6-11(13)15/h25,27H,3-9H2,1-2H3,(H3,20,21,23,24,26,28)/t30-/m1/s1. The second-order valence-electron chi connectivity index (χ2n) is 8.10. The van der Waals surface area contributed by atoms with Gasteiger partial charge >= 0.3 is 6.03 Å². The molecule has 0 aliphatic heterocycles. The molecule has 2 aliphatic rings. The molecule has 2 amide bonds. The minimum Gasteiger partial charge on any atom is -0.390 e. The van der Waals surface area contributed by atoms with Crippen molar-refractivity contribution in [3.8, 4) is 0 Å². The molecule has 0 spiro atoms. The molecule has 2 aliphatic carbocycles. The molecule has 0 saturated carbocycles. The van der Waals surface area contributed by atoms with E-state index in [1.54, 1.807) is 0 Å². The number of rotatable bonds is 4. The number of hydrogen-bond donors (Lipinski definition) is 4. The molecular formula is C19H25N5O4S2. The Bertz CT molecular complexity index is 1110. The van der Waals surface area contributed by atoms with Gasteiger partial charge < -0.3 is 15.5 Å². The predicted octanol–water partition coefficient (Wildman–Crippen LogP) is 2.17. The highest BCUT2D eigenvalue weighted by Gasteiger charge is 2.29. The van der Waals surface area contributed by atoms with Crippen molar-refractivity contribution in [2.24, 2.45) is 9.50 Å². The van der Waals surface area contributed by atoms with Gasteiger partial charge in [-0.1, -0.05) is 0 Å². The van der Waals surface area contributed by atoms with Crippen LogP contribution in [0, 0.1) is 0 Å². The number of urea groups is 1. The van der Waals surface area contributed by atoms with Crippen molar-refractivity contribution in [1.82, 2.24) is 9.97 Å². The van der Waals surface area contributed by atoms with Crippen LogP contribution in [0.1, 0.15) is 59.9 Å². The minimum atomic E-state index is -3.66. The molecule has 0 radical (unpaired) electrons. The number of nitrogens with two attached hydrogens (primary N) is 1. The molecule has 162 valence electrons. The zero-order chi connectivity index (χ0) is 21.7. The summed E-state index contributed by atoms with van der Waals surface area (Å²) >= 11 is 0.881. The lowest BCUT2D eigenvalue weighted by Gasteiger charge is -2.14. The van der Waals surface area contributed by atoms with Crippen LogP contribution in [0.25, 0.3) is 0 Å². The Balaban J connectivity index is 1.69. The van der Waals surface area contributed by atoms with Crippen LogP contribution in [0.3, 0.4) is 0 Å². The van der Waals surface area contributed by atoms with Gasteiger partial charge in [0.05, 0.1) is 18.0 Å². The van der Waals surface area contributed by atoms with Crippen LogP contribution in [-0.2, 0) is 47.8 Å². The highest BCUT2D eigenvalue weighted by Crippen LogP contribution is 2.37. The van der Waals surface area contributed by atoms with Gasteiger partial charge in [-0.3, -0.25) is 4.98 Å². The Morgan fingerprint density at radius 3 is 2.33 bits per heavy atom. The first kappa shape index (κ1) is 21.3. The van der Waals surface area contributed by atoms with E-state index in [9.17, 15) is 19.2 Å². The van der Waals surface area contributed by atoms with Gasteiger partial charge in [0.15, 0.2) is 9.92 Å². The molecule has 30 heavy (non-hydrogen) atoms. The van der Waals surface area contributed by atoms with Gasteiger partial charge in [-0.25, -0.2) is 19.1 Å². The van der Waals surface area contributed by atoms with Crippen LogP contribution in [-0.4, -0.2) is 30.4 Å². The van der Waals surface area contributed by atoms with E-state index in [-0.39, 0.29) is 14.9 Å². The zero-order valence-corrected chi connectivity index (χ0v) is 18.5. The van der Waals surface area contributed by atoms with E-state index in [4.69, 9.17) is 10.1 Å². The number of amides is 2. The number of anilines is 1. The summed E-state index contributed by atoms with van der Waals surface area (Å²) in [7, 11) is -3.66. The SMILES string of the molecule is CC(C)(O)c1nc(CO)c([S@](N)(=O)=NC(=O)Nc2c3c(nc4c2CCC4)CCC3)s1. The molecule has 5 N–H and O–H groups in total. The van der Waals surface area contributed by atoms with Gasteiger partial charge in [0, 0.05) is 11.4 Å². The van der Waals surface area contributed by atoms with E-state index in [2.05, 4.69) is 14.7 Å². The number of aryl methyl sites for hydroxylation is 2. The van der Waals surface area contributed by atoms with Crippen LogP contribution in [0.2, 0.25) is 0 Å². The molecule has 2 aromatic rings. The summed E-state index contributed by atoms with van der Waals surface area (Å²) in [4.78, 5) is 21.6. The molecule has 0 saturated heterocycles. The van der Waals surface area contributed by atoms with Gasteiger partial charge in [0.1, 0.15) is 14.8 Å². The van der Waals surface area contributed by atoms with Gasteiger partial charge in [0.2, 0.25) is 0 Å². The summed E-state index contributed by atoms with van der Waals surface area (Å²) in [6, 6.07) is -0.806. The Morgan fingerprint density at radius 1 is 1.20 bits per heavy atom. The van der Waals surface area contributed by atoms with Crippen LogP contribution in [0.15, 0.2) is 8.57 Å². The molecule has 1 atom stereocenters. The smallest absolute Gasteiger partial charge is 0.354 e. The van der Waals surface area contributed by atoms with Crippen LogP contribution >= 0.6 is 11.3 Å². The molecule has 0 bridgehead atoms. The van der Waals surface area contributed by atoms with E-state index in [1.165, 1.54) is 13.8 Å². The topological polar surface area (TPSA) is 151 Å². The number of aliphatic hydroxyl groups is 2. The maximum Gasteiger partial charge on any atom is 0.354 e. The number of thiazole rings is 1. The van der Waals surface area contributed by atoms with Crippen molar-refractivity contribution < 1.29 is 19.2 Å². The Kier molecular flexibility index (Phi) is 5.43. The van der Waals surface area contributed by atoms with Crippen molar-refractivity contribution in [1.29, 1.82) is 0 Å². The van der Waals surface area contributed by atoms with E-state index in [1.807, 2.05) is 0 Å². The highest BCUT2D eigenvalue weighted by molar-refractivity contribution is 7.93. The summed E-state index contributed by atoms with van der Waals surface area (Å²) in [5.41, 5.74) is 3.56. The molecule has 2 heterocycles. The molecule has 4 rings (SSSR count). The minimum absolute atomic E-state index is 0.0116. The number of aliphatic hydroxyl groups excluding tert-OH is 1. The van der Waals surface area contributed by atoms with Crippen molar-refractivity contribution in [2.75, 3.05) is 5.32 Å². The first-order chi connectivity index (χ1) is 14.1. The number of aromatic nitrogens is 2. The van der Waals surface area contributed by atoms with Crippen molar-refractivity contribution in [3.63, 3.8) is 0 Å². The van der Waals surface area contributed by atoms with Gasteiger partial charge in [-0.05, 0) is 63.5 Å². The van der Waals surface area contributed by atoms with Crippen LogP contribution < -0.4 is 10.5 Å². The molecular weight excluding hydrogens is 426 g/mol. The summed E-state index contributed by atoms with van der Waals surface area (Å²) in [5, 5.41) is 28.7. The normalized spacial score (nSPS) is 17.4. The summed E-state index contributed by atoms with van der Waals surface area (Å²) < 4.78 is 16.8. The lowest BCUT2D eigenvalue weighted by Crippen LogP contribution is -2.19. The number of hydrogen-bond acceptors (Lipinski definition) is 7. The van der Waals surface area contributed by atoms with Crippen molar-refractivity contribution in [3.05, 3.63) is 33.2 Å². The van der Waals surface area contributed by atoms with Crippen LogP contribution in [0.4, 0.5) is 10.5 Å². The lowest BCUT2D eigenvalue weighted by atomic mass is 10.1. The van der Waals surface area contributed by atoms with Gasteiger partial charge in [0.25, 0.3) is 0 Å². The summed E-state index contributed by atoms with van der Waals surface area (Å²) in [5.74, 6) is 0. The maximum atomic E-state index is 13.1. The number of nitrogens with one attached hydrogen (secondary N) is 1. The number of pyridine rings is 1. The second-order valence-corrected chi connectivity index (χ2v) is 11.1. The van der Waals surface area contributed by atoms with E-state index < -0.39 is 28.2 Å². The van der Waals surface area contributed by atoms with Crippen molar-refractivity contribution in [2.45, 2.75) is 68.8 Å². The monoisotopic (exact) mass is 451 g/mol. The predicted molar refractivity (Wildman–Crippen MR) is 114 cm³/mol. The first-order valence-corrected chi connectivity index (χ1v) is 12.2. The van der Waals surface area contributed by atoms with Crippen LogP contribution in [0.5, 0.6) is 0 Å². The number of nitrogens with zero attached hydrogens (tertiary/aromatic N) is 3. The Morgan fingerprint density at radius 2 is 1.80 bits per heavy atom.